The first-order valence-electron chi connectivity index (χ1n) is 12.7. The van der Waals surface area contributed by atoms with Crippen LogP contribution in [0.25, 0.3) is 10.4 Å². The van der Waals surface area contributed by atoms with Crippen LogP contribution in [0.15, 0.2) is 102 Å². The Morgan fingerprint density at radius 1 is 0.868 bits per heavy atom. The van der Waals surface area contributed by atoms with E-state index in [-0.39, 0.29) is 5.04 Å². The number of aliphatic hydroxyl groups is 1. The molecule has 4 atom stereocenters. The normalized spacial score (nSPS) is 21.5. The molecule has 3 aromatic carbocycles. The summed E-state index contributed by atoms with van der Waals surface area (Å²) < 4.78 is 18.4. The van der Waals surface area contributed by atoms with E-state index in [0.29, 0.717) is 6.61 Å². The Bertz CT molecular complexity index is 1220. The van der Waals surface area contributed by atoms with Gasteiger partial charge in [0.15, 0.2) is 0 Å². The summed E-state index contributed by atoms with van der Waals surface area (Å²) in [6, 6.07) is 27.2. The third kappa shape index (κ3) is 5.70. The third-order valence-corrected chi connectivity index (χ3v) is 12.1. The Balaban J connectivity index is 1.68. The highest BCUT2D eigenvalue weighted by atomic mass is 28.4. The van der Waals surface area contributed by atoms with Crippen molar-refractivity contribution >= 4 is 18.7 Å². The number of rotatable bonds is 9. The van der Waals surface area contributed by atoms with Crippen molar-refractivity contribution in [3.05, 3.63) is 113 Å². The van der Waals surface area contributed by atoms with E-state index in [1.165, 1.54) is 0 Å². The number of aliphatic hydroxyl groups excluding tert-OH is 1. The van der Waals surface area contributed by atoms with Gasteiger partial charge < -0.3 is 19.0 Å². The summed E-state index contributed by atoms with van der Waals surface area (Å²) in [5, 5.41) is 17.3. The number of hydrogen-bond acceptors (Lipinski definition) is 5. The highest BCUT2D eigenvalue weighted by Gasteiger charge is 2.53. The quantitative estimate of drug-likeness (QED) is 0.137. The van der Waals surface area contributed by atoms with Crippen LogP contribution in [0.1, 0.15) is 26.3 Å². The van der Waals surface area contributed by atoms with Gasteiger partial charge in [-0.05, 0) is 38.6 Å². The van der Waals surface area contributed by atoms with E-state index in [1.54, 1.807) is 7.11 Å². The largest absolute Gasteiger partial charge is 0.497 e. The van der Waals surface area contributed by atoms with E-state index in [9.17, 15) is 10.6 Å². The van der Waals surface area contributed by atoms with Crippen LogP contribution in [0.4, 0.5) is 0 Å². The maximum absolute atomic E-state index is 11.3. The van der Waals surface area contributed by atoms with Crippen molar-refractivity contribution in [1.29, 1.82) is 0 Å². The molecule has 8 heteroatoms. The van der Waals surface area contributed by atoms with Crippen molar-refractivity contribution in [2.45, 2.75) is 56.8 Å². The molecule has 1 aliphatic carbocycles. The second-order valence-corrected chi connectivity index (χ2v) is 14.7. The molecule has 0 aliphatic heterocycles. The first-order valence-corrected chi connectivity index (χ1v) is 14.6. The fourth-order valence-corrected chi connectivity index (χ4v) is 9.74. The van der Waals surface area contributed by atoms with Crippen LogP contribution in [0.3, 0.4) is 0 Å². The Morgan fingerprint density at radius 2 is 1.42 bits per heavy atom. The fourth-order valence-electron chi connectivity index (χ4n) is 5.10. The van der Waals surface area contributed by atoms with Crippen LogP contribution in [0, 0.1) is 0 Å². The van der Waals surface area contributed by atoms with Crippen LogP contribution in [0.5, 0.6) is 5.75 Å². The van der Waals surface area contributed by atoms with Gasteiger partial charge in [-0.1, -0.05) is 111 Å². The fraction of sp³-hybridized carbons (Fsp3) is 0.333. The van der Waals surface area contributed by atoms with Gasteiger partial charge in [-0.25, -0.2) is 0 Å². The molecule has 0 radical (unpaired) electrons. The first kappa shape index (κ1) is 27.6. The second kappa shape index (κ2) is 12.0. The predicted molar refractivity (Wildman–Crippen MR) is 152 cm³/mol. The number of nitrogens with zero attached hydrogens (tertiary/aromatic N) is 3. The molecule has 38 heavy (non-hydrogen) atoms. The van der Waals surface area contributed by atoms with Crippen molar-refractivity contribution in [1.82, 2.24) is 0 Å². The predicted octanol–water partition coefficient (Wildman–Crippen LogP) is 5.14. The SMILES string of the molecule is COc1ccc(CO[C@@H]2C=C[C@@H](O[Si](c3ccccc3)(c3ccccc3)C(C)(C)C)[C@H](N=[N+]=[N-])[C@H]2O)cc1. The molecule has 0 saturated carbocycles. The van der Waals surface area contributed by atoms with Gasteiger partial charge in [0.05, 0.1) is 32.0 Å². The van der Waals surface area contributed by atoms with Crippen LogP contribution in [-0.2, 0) is 15.8 Å². The van der Waals surface area contributed by atoms with Crippen LogP contribution < -0.4 is 15.1 Å². The minimum Gasteiger partial charge on any atom is -0.497 e. The van der Waals surface area contributed by atoms with Gasteiger partial charge in [0, 0.05) is 4.91 Å². The van der Waals surface area contributed by atoms with E-state index in [2.05, 4.69) is 55.1 Å². The lowest BCUT2D eigenvalue weighted by molar-refractivity contribution is -0.0492. The molecule has 7 nitrogen and oxygen atoms in total. The van der Waals surface area contributed by atoms with Crippen molar-refractivity contribution in [3.8, 4) is 5.75 Å². The van der Waals surface area contributed by atoms with Gasteiger partial charge in [-0.3, -0.25) is 0 Å². The molecule has 0 spiro atoms. The lowest BCUT2D eigenvalue weighted by Crippen LogP contribution is -2.69. The molecule has 3 aromatic rings. The molecule has 0 unspecified atom stereocenters. The summed E-state index contributed by atoms with van der Waals surface area (Å²) in [7, 11) is -1.32. The summed E-state index contributed by atoms with van der Waals surface area (Å²) in [4.78, 5) is 3.07. The Kier molecular flexibility index (Phi) is 8.71. The number of benzene rings is 3. The molecule has 1 aliphatic rings. The highest BCUT2D eigenvalue weighted by molar-refractivity contribution is 6.99. The van der Waals surface area contributed by atoms with E-state index in [0.717, 1.165) is 21.7 Å². The minimum absolute atomic E-state index is 0.267. The molecule has 0 amide bonds. The number of methoxy groups -OCH3 is 1. The van der Waals surface area contributed by atoms with Gasteiger partial charge in [-0.2, -0.15) is 0 Å². The molecule has 4 rings (SSSR count). The van der Waals surface area contributed by atoms with Crippen molar-refractivity contribution in [2.75, 3.05) is 7.11 Å². The molecule has 0 bridgehead atoms. The Hall–Kier alpha value is -3.39. The zero-order valence-corrected chi connectivity index (χ0v) is 23.3. The molecule has 0 fully saturated rings. The molecule has 1 N–H and O–H groups in total. The molecular formula is C30H35N3O4Si. The van der Waals surface area contributed by atoms with E-state index >= 15 is 0 Å². The molecule has 198 valence electrons. The summed E-state index contributed by atoms with van der Waals surface area (Å²) >= 11 is 0. The van der Waals surface area contributed by atoms with Crippen molar-refractivity contribution in [3.63, 3.8) is 0 Å². The minimum atomic E-state index is -2.94. The van der Waals surface area contributed by atoms with Crippen molar-refractivity contribution in [2.24, 2.45) is 5.11 Å². The third-order valence-electron chi connectivity index (χ3n) is 7.03. The highest BCUT2D eigenvalue weighted by Crippen LogP contribution is 2.39. The van der Waals surface area contributed by atoms with E-state index < -0.39 is 32.7 Å². The molecule has 0 saturated heterocycles. The van der Waals surface area contributed by atoms with Gasteiger partial charge >= 0.3 is 0 Å². The van der Waals surface area contributed by atoms with Crippen molar-refractivity contribution < 1.29 is 19.0 Å². The van der Waals surface area contributed by atoms with Crippen LogP contribution in [-0.4, -0.2) is 44.9 Å². The van der Waals surface area contributed by atoms with E-state index in [4.69, 9.17) is 13.9 Å². The smallest absolute Gasteiger partial charge is 0.261 e. The van der Waals surface area contributed by atoms with E-state index in [1.807, 2.05) is 72.8 Å². The Labute approximate surface area is 225 Å². The Morgan fingerprint density at radius 3 is 1.92 bits per heavy atom. The summed E-state index contributed by atoms with van der Waals surface area (Å²) in [5.74, 6) is 0.762. The maximum atomic E-state index is 11.3. The molecular weight excluding hydrogens is 494 g/mol. The molecule has 0 aromatic heterocycles. The van der Waals surface area contributed by atoms with Gasteiger partial charge in [0.25, 0.3) is 8.32 Å². The molecule has 0 heterocycles. The lowest BCUT2D eigenvalue weighted by Gasteiger charge is -2.47. The average Bonchev–Trinajstić information content (AvgIpc) is 2.93. The zero-order chi connectivity index (χ0) is 27.2. The summed E-state index contributed by atoms with van der Waals surface area (Å²) in [5.41, 5.74) is 10.4. The van der Waals surface area contributed by atoms with Crippen LogP contribution >= 0.6 is 0 Å². The number of azide groups is 1. The maximum Gasteiger partial charge on any atom is 0.261 e. The lowest BCUT2D eigenvalue weighted by atomic mass is 9.94. The monoisotopic (exact) mass is 529 g/mol. The standard InChI is InChI=1S/C30H35N3O4Si/c1-30(2,3)38(24-11-7-5-8-12-24,25-13-9-6-10-14-25)37-26-19-20-27(29(34)28(26)32-33-31)36-21-22-15-17-23(35-4)18-16-22/h5-20,26-29,34H,21H2,1-4H3/t26-,27-,28+,29+/m1/s1. The zero-order valence-electron chi connectivity index (χ0n) is 22.3. The first-order chi connectivity index (χ1) is 18.3. The van der Waals surface area contributed by atoms with Gasteiger partial charge in [-0.15, -0.1) is 0 Å². The van der Waals surface area contributed by atoms with Gasteiger partial charge in [0.2, 0.25) is 0 Å². The topological polar surface area (TPSA) is 96.7 Å². The average molecular weight is 530 g/mol. The van der Waals surface area contributed by atoms with Crippen LogP contribution in [0.2, 0.25) is 5.04 Å². The second-order valence-electron chi connectivity index (χ2n) is 10.4. The number of hydrogen-bond donors (Lipinski definition) is 1. The number of ether oxygens (including phenoxy) is 2. The van der Waals surface area contributed by atoms with Gasteiger partial charge in [0.1, 0.15) is 11.9 Å². The summed E-state index contributed by atoms with van der Waals surface area (Å²) in [6.07, 6.45) is 1.35. The summed E-state index contributed by atoms with van der Waals surface area (Å²) in [6.45, 7) is 6.85.